The highest BCUT2D eigenvalue weighted by Gasteiger charge is 2.87. The van der Waals surface area contributed by atoms with Crippen LogP contribution in [-0.2, 0) is 10.8 Å². The molecular weight excluding hydrogens is 516 g/mol. The Morgan fingerprint density at radius 1 is 0.326 bits per heavy atom. The molecule has 10 unspecified atom stereocenters. The second-order valence-corrected chi connectivity index (χ2v) is 18.9. The molecule has 6 aromatic rings. The van der Waals surface area contributed by atoms with E-state index in [4.69, 9.17) is 0 Å². The van der Waals surface area contributed by atoms with Crippen molar-refractivity contribution in [1.29, 1.82) is 0 Å². The van der Waals surface area contributed by atoms with Gasteiger partial charge in [0.1, 0.15) is 0 Å². The maximum Gasteiger partial charge on any atom is 0.0125 e. The number of hydrogen-bond donors (Lipinski definition) is 0. The summed E-state index contributed by atoms with van der Waals surface area (Å²) in [5.74, 6) is 6.65. The van der Waals surface area contributed by atoms with Crippen molar-refractivity contribution in [3.63, 3.8) is 0 Å². The van der Waals surface area contributed by atoms with Crippen molar-refractivity contribution >= 4 is 53.9 Å². The Kier molecular flexibility index (Phi) is 2.23. The van der Waals surface area contributed by atoms with Crippen molar-refractivity contribution in [2.75, 3.05) is 0 Å². The van der Waals surface area contributed by atoms with Crippen LogP contribution in [0.25, 0.3) is 53.9 Å². The molecule has 206 valence electrons. The van der Waals surface area contributed by atoms with Gasteiger partial charge in [0.25, 0.3) is 0 Å². The van der Waals surface area contributed by atoms with Gasteiger partial charge in [-0.15, -0.1) is 0 Å². The molecule has 43 heavy (non-hydrogen) atoms. The van der Waals surface area contributed by atoms with Crippen LogP contribution in [0.2, 0.25) is 0 Å². The molecule has 0 saturated heterocycles. The van der Waals surface area contributed by atoms with E-state index in [1.165, 1.54) is 64.2 Å². The summed E-state index contributed by atoms with van der Waals surface area (Å²) in [6.07, 6.45) is 14.8. The first-order valence-corrected chi connectivity index (χ1v) is 18.6. The van der Waals surface area contributed by atoms with Crippen molar-refractivity contribution in [2.24, 2.45) is 5.41 Å². The molecule has 10 atom stereocenters. The van der Waals surface area contributed by atoms with E-state index in [9.17, 15) is 0 Å². The summed E-state index contributed by atoms with van der Waals surface area (Å²) >= 11 is 0. The molecule has 0 N–H and O–H groups in total. The minimum absolute atomic E-state index is 0.425. The van der Waals surface area contributed by atoms with Gasteiger partial charge in [-0.25, -0.2) is 0 Å². The Bertz CT molecular complexity index is 2430. The zero-order valence-electron chi connectivity index (χ0n) is 25.2. The van der Waals surface area contributed by atoms with Gasteiger partial charge in [0, 0.05) is 10.8 Å². The number of rotatable bonds is 0. The van der Waals surface area contributed by atoms with Gasteiger partial charge in [-0.05, 0) is 226 Å². The average molecular weight is 551 g/mol. The Hall–Kier alpha value is -2.60. The second kappa shape index (κ2) is 4.85. The van der Waals surface area contributed by atoms with Crippen LogP contribution < -0.4 is 0 Å². The molecule has 1 fully saturated rings. The molecule has 0 heteroatoms. The van der Waals surface area contributed by atoms with Gasteiger partial charge in [0.2, 0.25) is 0 Å². The van der Waals surface area contributed by atoms with Crippen LogP contribution in [-0.4, -0.2) is 0 Å². The van der Waals surface area contributed by atoms with Crippen molar-refractivity contribution in [1.82, 2.24) is 0 Å². The van der Waals surface area contributed by atoms with Crippen molar-refractivity contribution < 1.29 is 0 Å². The summed E-state index contributed by atoms with van der Waals surface area (Å²) in [6.45, 7) is 5.52. The minimum Gasteiger partial charge on any atom is -0.0581 e. The standard InChI is InChI=1S/C43H34/c1-41(2)42-11-9-19-17-7-5-15-13-3-4-14-16-6-8-18-20-10-12-43(41,42)40-28(20)32-26(18)24(16)30-22(14)21(13)29-23(15)25(17)31-27(19)39(42)38(40)37-35(31)33(29)34(30)36(32)37/h13-20H,3-12H2,1-2H3. The van der Waals surface area contributed by atoms with Crippen LogP contribution in [0.5, 0.6) is 0 Å². The largest absolute Gasteiger partial charge is 0.0581 e. The molecule has 6 aromatic carbocycles. The van der Waals surface area contributed by atoms with E-state index in [-0.39, 0.29) is 0 Å². The molecule has 0 radical (unpaired) electrons. The minimum atomic E-state index is 0.425. The second-order valence-electron chi connectivity index (χ2n) is 18.9. The topological polar surface area (TPSA) is 0 Å². The van der Waals surface area contributed by atoms with Crippen LogP contribution in [0.4, 0.5) is 0 Å². The van der Waals surface area contributed by atoms with Crippen LogP contribution in [0.3, 0.4) is 0 Å². The predicted octanol–water partition coefficient (Wildman–Crippen LogP) is 11.0. The molecule has 0 bridgehead atoms. The first-order chi connectivity index (χ1) is 21.1. The third kappa shape index (κ3) is 1.26. The lowest BCUT2D eigenvalue weighted by atomic mass is 9.64. The molecule has 0 aromatic heterocycles. The molecule has 0 nitrogen and oxygen atoms in total. The fraction of sp³-hybridized carbons (Fsp3) is 0.535. The Labute approximate surface area is 250 Å². The summed E-state index contributed by atoms with van der Waals surface area (Å²) in [5.41, 5.74) is 21.0. The van der Waals surface area contributed by atoms with E-state index in [1.54, 1.807) is 0 Å². The van der Waals surface area contributed by atoms with E-state index >= 15 is 0 Å². The molecule has 17 rings (SSSR count). The number of benzene rings is 5. The Balaban J connectivity index is 1.31. The monoisotopic (exact) mass is 550 g/mol. The van der Waals surface area contributed by atoms with Gasteiger partial charge in [-0.2, -0.15) is 0 Å². The van der Waals surface area contributed by atoms with Crippen molar-refractivity contribution in [3.8, 4) is 0 Å². The third-order valence-electron chi connectivity index (χ3n) is 19.2. The lowest BCUT2D eigenvalue weighted by molar-refractivity contribution is 0.318. The van der Waals surface area contributed by atoms with Gasteiger partial charge in [-0.1, -0.05) is 13.8 Å². The maximum absolute atomic E-state index is 2.76. The van der Waals surface area contributed by atoms with Crippen LogP contribution >= 0.6 is 0 Å². The number of fused-ring (bicyclic) bond motifs is 4. The highest BCUT2D eigenvalue weighted by Crippen LogP contribution is 2.92. The normalized spacial score (nSPS) is 45.3. The first-order valence-electron chi connectivity index (χ1n) is 18.6. The lowest BCUT2D eigenvalue weighted by Gasteiger charge is -2.39. The number of hydrogen-bond acceptors (Lipinski definition) is 0. The zero-order valence-corrected chi connectivity index (χ0v) is 25.2. The summed E-state index contributed by atoms with van der Waals surface area (Å²) in [6, 6.07) is 0. The Morgan fingerprint density at radius 3 is 0.953 bits per heavy atom. The first kappa shape index (κ1) is 19.7. The van der Waals surface area contributed by atoms with Crippen molar-refractivity contribution in [3.05, 3.63) is 55.6 Å². The molecule has 11 aliphatic rings. The lowest BCUT2D eigenvalue weighted by Crippen LogP contribution is -2.28. The summed E-state index contributed by atoms with van der Waals surface area (Å²) < 4.78 is 0. The van der Waals surface area contributed by atoms with Gasteiger partial charge in [0.05, 0.1) is 0 Å². The van der Waals surface area contributed by atoms with Gasteiger partial charge < -0.3 is 0 Å². The highest BCUT2D eigenvalue weighted by atomic mass is 14.9. The van der Waals surface area contributed by atoms with Crippen LogP contribution in [0.1, 0.15) is 181 Å². The maximum atomic E-state index is 2.76. The van der Waals surface area contributed by atoms with E-state index in [1.807, 2.05) is 109 Å². The quantitative estimate of drug-likeness (QED) is 0.165. The van der Waals surface area contributed by atoms with E-state index in [0.29, 0.717) is 16.2 Å². The van der Waals surface area contributed by atoms with E-state index in [0.717, 1.165) is 47.3 Å². The highest BCUT2D eigenvalue weighted by molar-refractivity contribution is 6.49. The fourth-order valence-corrected chi connectivity index (χ4v) is 18.8. The fourth-order valence-electron chi connectivity index (χ4n) is 18.8. The zero-order chi connectivity index (χ0) is 26.7. The average Bonchev–Trinajstić information content (AvgIpc) is 3.73. The van der Waals surface area contributed by atoms with Gasteiger partial charge >= 0.3 is 0 Å². The molecule has 0 heterocycles. The van der Waals surface area contributed by atoms with E-state index in [2.05, 4.69) is 13.8 Å². The SMILES string of the molecule is CC1(C)C23CCC4c5c2c2c6c7c8c9c%10c%11c%12c%13c%14c%15c(c5c5c%14c%11c8c25)C4CCC%15C%13CCC%12C%10CCC9C7CCC613. The van der Waals surface area contributed by atoms with Gasteiger partial charge in [0.15, 0.2) is 0 Å². The third-order valence-corrected chi connectivity index (χ3v) is 19.2. The van der Waals surface area contributed by atoms with Gasteiger partial charge in [-0.3, -0.25) is 0 Å². The smallest absolute Gasteiger partial charge is 0.0125 e. The summed E-state index contributed by atoms with van der Waals surface area (Å²) in [4.78, 5) is 0. The summed E-state index contributed by atoms with van der Waals surface area (Å²) in [5, 5.41) is 18.7. The summed E-state index contributed by atoms with van der Waals surface area (Å²) in [7, 11) is 0. The van der Waals surface area contributed by atoms with Crippen molar-refractivity contribution in [2.45, 2.75) is 136 Å². The molecule has 2 spiro atoms. The van der Waals surface area contributed by atoms with E-state index < -0.39 is 0 Å². The molecular formula is C43H34. The van der Waals surface area contributed by atoms with Crippen LogP contribution in [0, 0.1) is 5.41 Å². The van der Waals surface area contributed by atoms with Crippen LogP contribution in [0.15, 0.2) is 0 Å². The molecule has 0 aliphatic heterocycles. The molecule has 11 aliphatic carbocycles. The molecule has 1 saturated carbocycles. The predicted molar refractivity (Wildman–Crippen MR) is 173 cm³/mol. The Morgan fingerprint density at radius 2 is 0.605 bits per heavy atom. The molecule has 0 amide bonds.